The molecule has 5 nitrogen and oxygen atoms in total. The van der Waals surface area contributed by atoms with E-state index < -0.39 is 0 Å². The molecule has 4 heterocycles. The van der Waals surface area contributed by atoms with Gasteiger partial charge in [-0.1, -0.05) is 183 Å². The van der Waals surface area contributed by atoms with Gasteiger partial charge < -0.3 is 9.13 Å². The molecule has 14 rings (SSSR count). The van der Waals surface area contributed by atoms with Gasteiger partial charge >= 0.3 is 0 Å². The summed E-state index contributed by atoms with van der Waals surface area (Å²) < 4.78 is 4.73. The van der Waals surface area contributed by atoms with Crippen molar-refractivity contribution < 1.29 is 0 Å². The van der Waals surface area contributed by atoms with E-state index >= 15 is 0 Å². The van der Waals surface area contributed by atoms with Gasteiger partial charge in [-0.25, -0.2) is 9.97 Å². The van der Waals surface area contributed by atoms with Gasteiger partial charge in [-0.3, -0.25) is 4.90 Å². The zero-order chi connectivity index (χ0) is 47.9. The Morgan fingerprint density at radius 2 is 1.03 bits per heavy atom. The quantitative estimate of drug-likeness (QED) is 0.160. The fraction of sp³-hybridized carbons (Fsp3) is 0.0149. The van der Waals surface area contributed by atoms with Crippen LogP contribution >= 0.6 is 0 Å². The van der Waals surface area contributed by atoms with Crippen LogP contribution in [-0.4, -0.2) is 19.1 Å². The maximum atomic E-state index is 5.62. The predicted octanol–water partition coefficient (Wildman–Crippen LogP) is 17.7. The van der Waals surface area contributed by atoms with Crippen LogP contribution in [0.3, 0.4) is 0 Å². The van der Waals surface area contributed by atoms with Gasteiger partial charge in [-0.15, -0.1) is 0 Å². The summed E-state index contributed by atoms with van der Waals surface area (Å²) in [5.41, 5.74) is 19.5. The Morgan fingerprint density at radius 3 is 1.82 bits per heavy atom. The standard InChI is InChI=1S/C67H45N5/c1-3-53-43(2)70(51-19-6-4-7-20-51)64-40-48(35-37-57(53)64)47-36-38-61-49(39-47)33-34-50-41-65-59(56-24-13-15-28-62(56)71(65)52-21-8-5-9-22-52)42-63(50)72(61)67-68-60-27-14-12-25-58(60)66(69-67)46-31-29-45(30-32-46)55-26-16-18-44-17-10-11-23-54(44)55/h3-42H,1H2,2H3. The zero-order valence-corrected chi connectivity index (χ0v) is 39.5. The lowest BCUT2D eigenvalue weighted by molar-refractivity contribution is 1.05. The molecule has 0 fully saturated rings. The topological polar surface area (TPSA) is 38.9 Å². The minimum atomic E-state index is 0.599. The molecule has 0 atom stereocenters. The van der Waals surface area contributed by atoms with Crippen LogP contribution in [0.1, 0.15) is 22.4 Å². The van der Waals surface area contributed by atoms with Gasteiger partial charge in [0.15, 0.2) is 0 Å². The average Bonchev–Trinajstić information content (AvgIpc) is 3.85. The highest BCUT2D eigenvalue weighted by atomic mass is 15.3. The summed E-state index contributed by atoms with van der Waals surface area (Å²) in [6, 6.07) is 80.6. The average molecular weight is 920 g/mol. The van der Waals surface area contributed by atoms with Crippen LogP contribution in [0.5, 0.6) is 0 Å². The molecule has 0 N–H and O–H groups in total. The Labute approximate surface area is 417 Å². The van der Waals surface area contributed by atoms with Crippen LogP contribution in [0.4, 0.5) is 17.3 Å². The lowest BCUT2D eigenvalue weighted by Gasteiger charge is -2.26. The number of benzene rings is 10. The van der Waals surface area contributed by atoms with Crippen molar-refractivity contribution in [3.05, 3.63) is 253 Å². The van der Waals surface area contributed by atoms with Gasteiger partial charge in [0.25, 0.3) is 0 Å². The van der Waals surface area contributed by atoms with Crippen molar-refractivity contribution in [1.82, 2.24) is 19.1 Å². The molecular weight excluding hydrogens is 875 g/mol. The Hall–Kier alpha value is -9.58. The molecular formula is C67H45N5. The smallest absolute Gasteiger partial charge is 0.235 e. The third-order valence-electron chi connectivity index (χ3n) is 14.6. The van der Waals surface area contributed by atoms with Crippen molar-refractivity contribution in [1.29, 1.82) is 0 Å². The Morgan fingerprint density at radius 1 is 0.417 bits per heavy atom. The van der Waals surface area contributed by atoms with Crippen molar-refractivity contribution in [3.63, 3.8) is 0 Å². The lowest BCUT2D eigenvalue weighted by atomic mass is 9.96. The summed E-state index contributed by atoms with van der Waals surface area (Å²) in [4.78, 5) is 13.4. The van der Waals surface area contributed by atoms with Crippen LogP contribution in [-0.2, 0) is 0 Å². The molecule has 0 unspecified atom stereocenters. The van der Waals surface area contributed by atoms with E-state index in [1.807, 2.05) is 6.08 Å². The van der Waals surface area contributed by atoms with Crippen molar-refractivity contribution in [2.45, 2.75) is 6.92 Å². The van der Waals surface area contributed by atoms with E-state index in [9.17, 15) is 0 Å². The van der Waals surface area contributed by atoms with Crippen LogP contribution in [0.25, 0.3) is 117 Å². The molecule has 338 valence electrons. The molecule has 13 aromatic rings. The highest BCUT2D eigenvalue weighted by molar-refractivity contribution is 6.13. The molecule has 3 aromatic heterocycles. The molecule has 10 aromatic carbocycles. The molecule has 1 aliphatic heterocycles. The van der Waals surface area contributed by atoms with E-state index in [-0.39, 0.29) is 0 Å². The van der Waals surface area contributed by atoms with E-state index in [1.54, 1.807) is 0 Å². The van der Waals surface area contributed by atoms with Gasteiger partial charge in [0.2, 0.25) is 5.95 Å². The maximum Gasteiger partial charge on any atom is 0.235 e. The van der Waals surface area contributed by atoms with E-state index in [0.29, 0.717) is 5.95 Å². The first-order valence-corrected chi connectivity index (χ1v) is 24.5. The second kappa shape index (κ2) is 16.5. The van der Waals surface area contributed by atoms with Crippen molar-refractivity contribution >= 4 is 89.9 Å². The second-order valence-electron chi connectivity index (χ2n) is 18.7. The number of hydrogen-bond donors (Lipinski definition) is 0. The summed E-state index contributed by atoms with van der Waals surface area (Å²) in [5.74, 6) is 0.599. The van der Waals surface area contributed by atoms with Crippen molar-refractivity contribution in [3.8, 4) is 44.9 Å². The zero-order valence-electron chi connectivity index (χ0n) is 39.5. The molecule has 0 spiro atoms. The van der Waals surface area contributed by atoms with Gasteiger partial charge in [-0.2, -0.15) is 0 Å². The second-order valence-corrected chi connectivity index (χ2v) is 18.7. The minimum absolute atomic E-state index is 0.599. The van der Waals surface area contributed by atoms with E-state index in [2.05, 4.69) is 264 Å². The summed E-state index contributed by atoms with van der Waals surface area (Å²) in [6.45, 7) is 6.39. The molecule has 1 aliphatic rings. The van der Waals surface area contributed by atoms with E-state index in [0.717, 1.165) is 106 Å². The number of nitrogens with zero attached hydrogens (tertiary/aromatic N) is 5. The summed E-state index contributed by atoms with van der Waals surface area (Å²) in [7, 11) is 0. The third-order valence-corrected chi connectivity index (χ3v) is 14.6. The maximum absolute atomic E-state index is 5.62. The first kappa shape index (κ1) is 41.4. The first-order valence-electron chi connectivity index (χ1n) is 24.5. The number of hydrogen-bond acceptors (Lipinski definition) is 3. The number of para-hydroxylation sites is 4. The normalized spacial score (nSPS) is 12.2. The Kier molecular flexibility index (Phi) is 9.51. The Bertz CT molecular complexity index is 4340. The predicted molar refractivity (Wildman–Crippen MR) is 303 cm³/mol. The van der Waals surface area contributed by atoms with Crippen molar-refractivity contribution in [2.75, 3.05) is 4.90 Å². The molecule has 0 amide bonds. The summed E-state index contributed by atoms with van der Waals surface area (Å²) in [6.07, 6.45) is 6.51. The molecule has 72 heavy (non-hydrogen) atoms. The molecule has 5 heteroatoms. The number of anilines is 3. The number of fused-ring (bicyclic) bond motifs is 8. The largest absolute Gasteiger partial charge is 0.313 e. The number of rotatable bonds is 7. The third kappa shape index (κ3) is 6.55. The fourth-order valence-corrected chi connectivity index (χ4v) is 11.3. The first-order chi connectivity index (χ1) is 35.6. The summed E-state index contributed by atoms with van der Waals surface area (Å²) in [5, 5.41) is 6.97. The molecule has 0 saturated heterocycles. The van der Waals surface area contributed by atoms with Crippen LogP contribution < -0.4 is 4.90 Å². The lowest BCUT2D eigenvalue weighted by Crippen LogP contribution is -2.15. The van der Waals surface area contributed by atoms with Gasteiger partial charge in [0.1, 0.15) is 0 Å². The van der Waals surface area contributed by atoms with Gasteiger partial charge in [0.05, 0.1) is 39.1 Å². The van der Waals surface area contributed by atoms with Crippen molar-refractivity contribution in [2.24, 2.45) is 0 Å². The molecule has 0 bridgehead atoms. The highest BCUT2D eigenvalue weighted by Crippen LogP contribution is 2.47. The fourth-order valence-electron chi connectivity index (χ4n) is 11.3. The molecule has 0 aliphatic carbocycles. The molecule has 0 saturated carbocycles. The summed E-state index contributed by atoms with van der Waals surface area (Å²) >= 11 is 0. The number of aromatic nitrogens is 4. The van der Waals surface area contributed by atoms with Crippen LogP contribution in [0.2, 0.25) is 0 Å². The van der Waals surface area contributed by atoms with Crippen LogP contribution in [0, 0.1) is 6.92 Å². The van der Waals surface area contributed by atoms with E-state index in [4.69, 9.17) is 9.97 Å². The monoisotopic (exact) mass is 919 g/mol. The molecule has 0 radical (unpaired) electrons. The Balaban J connectivity index is 0.979. The van der Waals surface area contributed by atoms with E-state index in [1.165, 1.54) is 27.1 Å². The highest BCUT2D eigenvalue weighted by Gasteiger charge is 2.27. The van der Waals surface area contributed by atoms with Gasteiger partial charge in [-0.05, 0) is 112 Å². The van der Waals surface area contributed by atoms with Gasteiger partial charge in [0, 0.05) is 55.3 Å². The minimum Gasteiger partial charge on any atom is -0.313 e. The SMILES string of the molecule is C=Cc1c(C)n(-c2ccccc2)c2cc(-c3ccc4c(c3)C=Cc3cc5c(cc3N4c3nc(-c4ccc(-c6cccc7ccccc67)cc4)c4ccccc4n3)c3ccccc3n5-c3ccccc3)ccc12. The van der Waals surface area contributed by atoms with Crippen LogP contribution in [0.15, 0.2) is 231 Å².